The second-order valence-electron chi connectivity index (χ2n) is 5.97. The summed E-state index contributed by atoms with van der Waals surface area (Å²) in [6.45, 7) is 0. The van der Waals surface area contributed by atoms with Crippen molar-refractivity contribution in [1.29, 1.82) is 0 Å². The van der Waals surface area contributed by atoms with Gasteiger partial charge in [0.1, 0.15) is 0 Å². The predicted octanol–water partition coefficient (Wildman–Crippen LogP) is 5.19. The predicted molar refractivity (Wildman–Crippen MR) is 104 cm³/mol. The summed E-state index contributed by atoms with van der Waals surface area (Å²) >= 11 is 0. The van der Waals surface area contributed by atoms with E-state index in [1.807, 2.05) is 0 Å². The first-order valence-electron chi connectivity index (χ1n) is 8.65. The van der Waals surface area contributed by atoms with Gasteiger partial charge in [-0.1, -0.05) is 30.3 Å². The van der Waals surface area contributed by atoms with E-state index < -0.39 is 18.1 Å². The number of hydrogen-bond acceptors (Lipinski definition) is 6. The van der Waals surface area contributed by atoms with Crippen LogP contribution in [0.4, 0.5) is 24.5 Å². The fourth-order valence-electron chi connectivity index (χ4n) is 2.85. The van der Waals surface area contributed by atoms with E-state index in [4.69, 9.17) is 9.47 Å². The summed E-state index contributed by atoms with van der Waals surface area (Å²) in [6.07, 6.45) is -2.32. The van der Waals surface area contributed by atoms with Crippen LogP contribution in [0, 0.1) is 0 Å². The minimum atomic E-state index is -4.97. The number of hydrogen-bond donors (Lipinski definition) is 1. The smallest absolute Gasteiger partial charge is 0.492 e. The summed E-state index contributed by atoms with van der Waals surface area (Å²) in [5.74, 6) is -1.37. The molecule has 0 atom stereocenters. The number of benzene rings is 2. The Labute approximate surface area is 170 Å². The highest BCUT2D eigenvalue weighted by Crippen LogP contribution is 2.46. The van der Waals surface area contributed by atoms with Crippen molar-refractivity contribution in [3.8, 4) is 22.6 Å². The van der Waals surface area contributed by atoms with Gasteiger partial charge in [-0.3, -0.25) is 4.98 Å². The van der Waals surface area contributed by atoms with Crippen LogP contribution in [0.5, 0.6) is 11.5 Å². The van der Waals surface area contributed by atoms with Crippen molar-refractivity contribution >= 4 is 17.3 Å². The van der Waals surface area contributed by atoms with Gasteiger partial charge in [-0.25, -0.2) is 4.79 Å². The van der Waals surface area contributed by atoms with Gasteiger partial charge in [0.25, 0.3) is 0 Å². The van der Waals surface area contributed by atoms with Crippen LogP contribution in [-0.2, 0) is 4.74 Å². The standard InChI is InChI=1S/C21H17F3N2O4/c1-28-18-14(13-6-4-3-5-7-13)8-9-16(19(18)30-21(22,23)24)26-17-12-25-11-10-15(17)20(27)29-2/h3-12,26H,1-2H3. The lowest BCUT2D eigenvalue weighted by Crippen LogP contribution is -2.19. The summed E-state index contributed by atoms with van der Waals surface area (Å²) in [7, 11) is 2.45. The lowest BCUT2D eigenvalue weighted by atomic mass is 10.0. The normalized spacial score (nSPS) is 11.0. The molecule has 1 aromatic heterocycles. The summed E-state index contributed by atoms with van der Waals surface area (Å²) in [4.78, 5) is 15.9. The maximum atomic E-state index is 13.2. The molecule has 0 aliphatic rings. The molecule has 0 fully saturated rings. The van der Waals surface area contributed by atoms with Crippen molar-refractivity contribution in [1.82, 2.24) is 4.98 Å². The van der Waals surface area contributed by atoms with Gasteiger partial charge in [0.2, 0.25) is 0 Å². The Kier molecular flexibility index (Phi) is 6.10. The molecule has 1 N–H and O–H groups in total. The van der Waals surface area contributed by atoms with Crippen molar-refractivity contribution in [3.05, 3.63) is 66.5 Å². The number of nitrogens with one attached hydrogen (secondary N) is 1. The summed E-state index contributed by atoms with van der Waals surface area (Å²) < 4.78 is 53.8. The molecule has 0 amide bonds. The molecule has 1 heterocycles. The third-order valence-corrected chi connectivity index (χ3v) is 4.11. The van der Waals surface area contributed by atoms with Crippen molar-refractivity contribution in [2.45, 2.75) is 6.36 Å². The zero-order valence-corrected chi connectivity index (χ0v) is 16.0. The minimum Gasteiger partial charge on any atom is -0.492 e. The lowest BCUT2D eigenvalue weighted by molar-refractivity contribution is -0.274. The van der Waals surface area contributed by atoms with Gasteiger partial charge in [-0.15, -0.1) is 13.2 Å². The number of carbonyl (C=O) groups excluding carboxylic acids is 1. The maximum Gasteiger partial charge on any atom is 0.573 e. The summed E-state index contributed by atoms with van der Waals surface area (Å²) in [6, 6.07) is 13.1. The quantitative estimate of drug-likeness (QED) is 0.556. The van der Waals surface area contributed by atoms with E-state index in [1.54, 1.807) is 36.4 Å². The first-order chi connectivity index (χ1) is 14.3. The zero-order chi connectivity index (χ0) is 21.7. The molecule has 6 nitrogen and oxygen atoms in total. The molecule has 0 bridgehead atoms. The average Bonchev–Trinajstić information content (AvgIpc) is 2.74. The molecule has 0 aliphatic heterocycles. The molecule has 3 aromatic rings. The van der Waals surface area contributed by atoms with Crippen LogP contribution in [0.15, 0.2) is 60.9 Å². The molecule has 2 aromatic carbocycles. The number of methoxy groups -OCH3 is 2. The van der Waals surface area contributed by atoms with Gasteiger partial charge in [0.15, 0.2) is 11.5 Å². The highest BCUT2D eigenvalue weighted by Gasteiger charge is 2.35. The molecule has 0 saturated heterocycles. The van der Waals surface area contributed by atoms with Crippen LogP contribution < -0.4 is 14.8 Å². The number of pyridine rings is 1. The molecule has 0 aliphatic carbocycles. The van der Waals surface area contributed by atoms with Crippen molar-refractivity contribution in [3.63, 3.8) is 0 Å². The van der Waals surface area contributed by atoms with Gasteiger partial charge < -0.3 is 19.5 Å². The van der Waals surface area contributed by atoms with E-state index >= 15 is 0 Å². The van der Waals surface area contributed by atoms with Crippen LogP contribution in [-0.4, -0.2) is 31.5 Å². The fraction of sp³-hybridized carbons (Fsp3) is 0.143. The zero-order valence-electron chi connectivity index (χ0n) is 16.0. The Morgan fingerprint density at radius 2 is 1.70 bits per heavy atom. The van der Waals surface area contributed by atoms with E-state index in [9.17, 15) is 18.0 Å². The second kappa shape index (κ2) is 8.73. The number of anilines is 2. The third kappa shape index (κ3) is 4.62. The molecular formula is C21H17F3N2O4. The fourth-order valence-corrected chi connectivity index (χ4v) is 2.85. The van der Waals surface area contributed by atoms with E-state index in [0.717, 1.165) is 0 Å². The Hall–Kier alpha value is -3.75. The molecule has 9 heteroatoms. The number of ether oxygens (including phenoxy) is 3. The maximum absolute atomic E-state index is 13.2. The van der Waals surface area contributed by atoms with E-state index in [1.165, 1.54) is 38.7 Å². The molecule has 0 spiro atoms. The highest BCUT2D eigenvalue weighted by molar-refractivity contribution is 5.96. The average molecular weight is 418 g/mol. The number of rotatable bonds is 6. The number of aromatic nitrogens is 1. The molecule has 0 radical (unpaired) electrons. The Balaban J connectivity index is 2.15. The Bertz CT molecular complexity index is 1040. The number of carbonyl (C=O) groups is 1. The number of esters is 1. The Morgan fingerprint density at radius 3 is 2.33 bits per heavy atom. The topological polar surface area (TPSA) is 69.7 Å². The first kappa shape index (κ1) is 21.0. The molecule has 3 rings (SSSR count). The monoisotopic (exact) mass is 418 g/mol. The van der Waals surface area contributed by atoms with Gasteiger partial charge >= 0.3 is 12.3 Å². The van der Waals surface area contributed by atoms with Crippen molar-refractivity contribution in [2.75, 3.05) is 19.5 Å². The van der Waals surface area contributed by atoms with Gasteiger partial charge in [-0.05, 0) is 23.8 Å². The molecule has 156 valence electrons. The Morgan fingerprint density at radius 1 is 0.967 bits per heavy atom. The molecular weight excluding hydrogens is 401 g/mol. The van der Waals surface area contributed by atoms with Crippen LogP contribution >= 0.6 is 0 Å². The van der Waals surface area contributed by atoms with Gasteiger partial charge in [0, 0.05) is 11.8 Å². The largest absolute Gasteiger partial charge is 0.573 e. The summed E-state index contributed by atoms with van der Waals surface area (Å²) in [5, 5.41) is 2.76. The third-order valence-electron chi connectivity index (χ3n) is 4.11. The van der Waals surface area contributed by atoms with Crippen molar-refractivity contribution in [2.24, 2.45) is 0 Å². The number of nitrogens with zero attached hydrogens (tertiary/aromatic N) is 1. The van der Waals surface area contributed by atoms with Crippen LogP contribution in [0.1, 0.15) is 10.4 Å². The number of alkyl halides is 3. The van der Waals surface area contributed by atoms with Gasteiger partial charge in [0.05, 0.1) is 37.4 Å². The lowest BCUT2D eigenvalue weighted by Gasteiger charge is -2.20. The van der Waals surface area contributed by atoms with Crippen LogP contribution in [0.2, 0.25) is 0 Å². The van der Waals surface area contributed by atoms with Crippen LogP contribution in [0.25, 0.3) is 11.1 Å². The van der Waals surface area contributed by atoms with E-state index in [2.05, 4.69) is 15.0 Å². The van der Waals surface area contributed by atoms with Gasteiger partial charge in [-0.2, -0.15) is 0 Å². The number of halogens is 3. The highest BCUT2D eigenvalue weighted by atomic mass is 19.4. The van der Waals surface area contributed by atoms with Crippen molar-refractivity contribution < 1.29 is 32.2 Å². The minimum absolute atomic E-state index is 0.0676. The second-order valence-corrected chi connectivity index (χ2v) is 5.97. The van der Waals surface area contributed by atoms with Crippen LogP contribution in [0.3, 0.4) is 0 Å². The molecule has 30 heavy (non-hydrogen) atoms. The molecule has 0 unspecified atom stereocenters. The van der Waals surface area contributed by atoms with E-state index in [-0.39, 0.29) is 22.7 Å². The van der Waals surface area contributed by atoms with E-state index in [0.29, 0.717) is 11.1 Å². The SMILES string of the molecule is COC(=O)c1ccncc1Nc1ccc(-c2ccccc2)c(OC)c1OC(F)(F)F. The first-order valence-corrected chi connectivity index (χ1v) is 8.65. The summed E-state index contributed by atoms with van der Waals surface area (Å²) in [5.41, 5.74) is 1.22. The molecule has 0 saturated carbocycles.